The third-order valence-electron chi connectivity index (χ3n) is 1.81. The van der Waals surface area contributed by atoms with Gasteiger partial charge in [-0.15, -0.1) is 0 Å². The number of rotatable bonds is 0. The zero-order valence-corrected chi connectivity index (χ0v) is 5.73. The largest absolute Gasteiger partial charge is 0.334 e. The van der Waals surface area contributed by atoms with Crippen LogP contribution < -0.4 is 21.3 Å². The Hall–Kier alpha value is -1.46. The van der Waals surface area contributed by atoms with Crippen LogP contribution in [-0.2, 0) is 0 Å². The first-order valence-electron chi connectivity index (χ1n) is 3.32. The van der Waals surface area contributed by atoms with Crippen molar-refractivity contribution < 1.29 is 9.59 Å². The van der Waals surface area contributed by atoms with E-state index in [9.17, 15) is 9.59 Å². The van der Waals surface area contributed by atoms with Gasteiger partial charge >= 0.3 is 12.1 Å². The second-order valence-electron chi connectivity index (χ2n) is 2.70. The second-order valence-corrected chi connectivity index (χ2v) is 2.70. The predicted molar refractivity (Wildman–Crippen MR) is 35.8 cm³/mol. The summed E-state index contributed by atoms with van der Waals surface area (Å²) in [5.41, 5.74) is -0.589. The fraction of sp³-hybridized carbons (Fsp3) is 0.600. The molecule has 11 heavy (non-hydrogen) atoms. The van der Waals surface area contributed by atoms with Crippen LogP contribution in [0.1, 0.15) is 0 Å². The smallest absolute Gasteiger partial charge is 0.316 e. The van der Waals surface area contributed by atoms with Gasteiger partial charge < -0.3 is 21.3 Å². The lowest BCUT2D eigenvalue weighted by Crippen LogP contribution is -2.54. The van der Waals surface area contributed by atoms with Gasteiger partial charge in [-0.2, -0.15) is 0 Å². The molecule has 2 fully saturated rings. The Morgan fingerprint density at radius 1 is 1.00 bits per heavy atom. The number of hydrogen-bond donors (Lipinski definition) is 4. The van der Waals surface area contributed by atoms with Crippen molar-refractivity contribution in [1.29, 1.82) is 0 Å². The molecule has 6 heteroatoms. The number of urea groups is 2. The molecule has 2 heterocycles. The summed E-state index contributed by atoms with van der Waals surface area (Å²) < 4.78 is 0. The summed E-state index contributed by atoms with van der Waals surface area (Å²) in [6.07, 6.45) is 0. The minimum absolute atomic E-state index is 0.242. The maximum absolute atomic E-state index is 10.7. The third-order valence-corrected chi connectivity index (χ3v) is 1.81. The number of carbonyl (C=O) groups is 2. The van der Waals surface area contributed by atoms with Crippen molar-refractivity contribution in [3.05, 3.63) is 0 Å². The molecule has 6 nitrogen and oxygen atoms in total. The Labute approximate surface area is 62.7 Å². The third kappa shape index (κ3) is 0.866. The molecule has 60 valence electrons. The van der Waals surface area contributed by atoms with Gasteiger partial charge in [0.2, 0.25) is 0 Å². The van der Waals surface area contributed by atoms with Crippen LogP contribution in [0.4, 0.5) is 9.59 Å². The minimum Gasteiger partial charge on any atom is -0.334 e. The lowest BCUT2D eigenvalue weighted by molar-refractivity contribution is 0.240. The number of amides is 4. The monoisotopic (exact) mass is 156 g/mol. The molecule has 4 amide bonds. The SMILES string of the molecule is O=C1NCC2(CNC(=O)N2)N1. The molecule has 4 N–H and O–H groups in total. The molecule has 0 aromatic carbocycles. The number of nitrogens with one attached hydrogen (secondary N) is 4. The maximum Gasteiger partial charge on any atom is 0.316 e. The molecule has 0 unspecified atom stereocenters. The Morgan fingerprint density at radius 2 is 1.45 bits per heavy atom. The fourth-order valence-electron chi connectivity index (χ4n) is 1.26. The van der Waals surface area contributed by atoms with Crippen LogP contribution in [-0.4, -0.2) is 30.8 Å². The van der Waals surface area contributed by atoms with Crippen LogP contribution in [0.2, 0.25) is 0 Å². The van der Waals surface area contributed by atoms with Crippen molar-refractivity contribution in [1.82, 2.24) is 21.3 Å². The van der Waals surface area contributed by atoms with Gasteiger partial charge in [-0.05, 0) is 0 Å². The molecule has 0 atom stereocenters. The van der Waals surface area contributed by atoms with E-state index in [-0.39, 0.29) is 12.1 Å². The highest BCUT2D eigenvalue weighted by molar-refractivity contribution is 5.83. The summed E-state index contributed by atoms with van der Waals surface area (Å²) in [6.45, 7) is 0.870. The van der Waals surface area contributed by atoms with Crippen LogP contribution in [0.15, 0.2) is 0 Å². The molecule has 0 bridgehead atoms. The van der Waals surface area contributed by atoms with Crippen molar-refractivity contribution in [3.8, 4) is 0 Å². The Morgan fingerprint density at radius 3 is 1.73 bits per heavy atom. The molecule has 2 aliphatic rings. The molecule has 0 aliphatic carbocycles. The Bertz CT molecular complexity index is 203. The van der Waals surface area contributed by atoms with Gasteiger partial charge in [0.15, 0.2) is 5.66 Å². The Kier molecular flexibility index (Phi) is 1.01. The zero-order valence-electron chi connectivity index (χ0n) is 5.73. The van der Waals surface area contributed by atoms with Crippen molar-refractivity contribution in [3.63, 3.8) is 0 Å². The van der Waals surface area contributed by atoms with Crippen molar-refractivity contribution in [2.45, 2.75) is 5.66 Å². The van der Waals surface area contributed by atoms with Crippen molar-refractivity contribution in [2.24, 2.45) is 0 Å². The van der Waals surface area contributed by atoms with Gasteiger partial charge in [0.1, 0.15) is 0 Å². The van der Waals surface area contributed by atoms with E-state index >= 15 is 0 Å². The molecule has 0 aromatic rings. The van der Waals surface area contributed by atoms with Crippen molar-refractivity contribution in [2.75, 3.05) is 13.1 Å². The van der Waals surface area contributed by atoms with E-state index in [1.54, 1.807) is 0 Å². The van der Waals surface area contributed by atoms with E-state index in [1.165, 1.54) is 0 Å². The standard InChI is InChI=1S/C5H8N4O2/c10-3-6-1-5(8-3)2-7-4(11)9-5/h1-2H2,(H2,6,8,10)(H2,7,9,11). The van der Waals surface area contributed by atoms with E-state index in [4.69, 9.17) is 0 Å². The topological polar surface area (TPSA) is 82.3 Å². The zero-order chi connectivity index (χ0) is 7.90. The molecular formula is C5H8N4O2. The molecular weight excluding hydrogens is 148 g/mol. The van der Waals surface area contributed by atoms with E-state index < -0.39 is 5.66 Å². The first-order valence-corrected chi connectivity index (χ1v) is 3.32. The first kappa shape index (κ1) is 6.26. The molecule has 2 aliphatic heterocycles. The van der Waals surface area contributed by atoms with Crippen LogP contribution in [0.3, 0.4) is 0 Å². The summed E-state index contributed by atoms with van der Waals surface area (Å²) in [5, 5.41) is 10.4. The average Bonchev–Trinajstić information content (AvgIpc) is 2.44. The second kappa shape index (κ2) is 1.77. The molecule has 0 saturated carbocycles. The highest BCUT2D eigenvalue weighted by atomic mass is 16.2. The summed E-state index contributed by atoms with van der Waals surface area (Å²) in [6, 6.07) is -0.483. The quantitative estimate of drug-likeness (QED) is 0.337. The lowest BCUT2D eigenvalue weighted by Gasteiger charge is -2.18. The number of carbonyl (C=O) groups excluding carboxylic acids is 2. The van der Waals surface area contributed by atoms with Crippen LogP contribution >= 0.6 is 0 Å². The summed E-state index contributed by atoms with van der Waals surface area (Å²) >= 11 is 0. The van der Waals surface area contributed by atoms with Crippen molar-refractivity contribution >= 4 is 12.1 Å². The summed E-state index contributed by atoms with van der Waals surface area (Å²) in [5.74, 6) is 0. The minimum atomic E-state index is -0.589. The molecule has 0 radical (unpaired) electrons. The van der Waals surface area contributed by atoms with Crippen LogP contribution in [0, 0.1) is 0 Å². The predicted octanol–water partition coefficient (Wildman–Crippen LogP) is -1.69. The van der Waals surface area contributed by atoms with Gasteiger partial charge in [-0.3, -0.25) is 0 Å². The molecule has 2 saturated heterocycles. The summed E-state index contributed by atoms with van der Waals surface area (Å²) in [4.78, 5) is 21.4. The highest BCUT2D eigenvalue weighted by Crippen LogP contribution is 2.07. The molecule has 1 spiro atoms. The van der Waals surface area contributed by atoms with Gasteiger partial charge in [0.05, 0.1) is 13.1 Å². The normalized spacial score (nSPS) is 25.8. The van der Waals surface area contributed by atoms with Crippen LogP contribution in [0.25, 0.3) is 0 Å². The van der Waals surface area contributed by atoms with Gasteiger partial charge in [0.25, 0.3) is 0 Å². The van der Waals surface area contributed by atoms with Gasteiger partial charge in [-0.1, -0.05) is 0 Å². The highest BCUT2D eigenvalue weighted by Gasteiger charge is 2.43. The summed E-state index contributed by atoms with van der Waals surface area (Å²) in [7, 11) is 0. The number of hydrogen-bond acceptors (Lipinski definition) is 2. The average molecular weight is 156 g/mol. The molecule has 2 rings (SSSR count). The van der Waals surface area contributed by atoms with Crippen LogP contribution in [0.5, 0.6) is 0 Å². The lowest BCUT2D eigenvalue weighted by atomic mass is 10.2. The molecule has 0 aromatic heterocycles. The maximum atomic E-state index is 10.7. The van der Waals surface area contributed by atoms with E-state index in [1.807, 2.05) is 0 Å². The van der Waals surface area contributed by atoms with E-state index in [0.29, 0.717) is 13.1 Å². The fourth-order valence-corrected chi connectivity index (χ4v) is 1.26. The van der Waals surface area contributed by atoms with E-state index in [2.05, 4.69) is 21.3 Å². The van der Waals surface area contributed by atoms with E-state index in [0.717, 1.165) is 0 Å². The first-order chi connectivity index (χ1) is 5.20. The van der Waals surface area contributed by atoms with Gasteiger partial charge in [-0.25, -0.2) is 9.59 Å². The Balaban J connectivity index is 2.13. The van der Waals surface area contributed by atoms with Gasteiger partial charge in [0, 0.05) is 0 Å².